The van der Waals surface area contributed by atoms with Crippen LogP contribution in [-0.4, -0.2) is 61.6 Å². The summed E-state index contributed by atoms with van der Waals surface area (Å²) in [5, 5.41) is 0. The molecule has 0 spiro atoms. The van der Waals surface area contributed by atoms with Crippen molar-refractivity contribution in [3.8, 4) is 17.2 Å². The van der Waals surface area contributed by atoms with Crippen molar-refractivity contribution in [3.63, 3.8) is 0 Å². The first-order valence-electron chi connectivity index (χ1n) is 14.6. The zero-order chi connectivity index (χ0) is 27.6. The van der Waals surface area contributed by atoms with E-state index >= 15 is 0 Å². The van der Waals surface area contributed by atoms with E-state index in [1.165, 1.54) is 25.7 Å². The van der Waals surface area contributed by atoms with Crippen molar-refractivity contribution in [2.45, 2.75) is 83.2 Å². The number of methoxy groups -OCH3 is 2. The molecule has 0 N–H and O–H groups in total. The summed E-state index contributed by atoms with van der Waals surface area (Å²) >= 11 is 0. The third-order valence-corrected chi connectivity index (χ3v) is 8.02. The van der Waals surface area contributed by atoms with Gasteiger partial charge in [0.05, 0.1) is 20.8 Å². The number of hydrogen-bond acceptors (Lipinski definition) is 5. The number of amides is 2. The lowest BCUT2D eigenvalue weighted by Crippen LogP contribution is -2.58. The Morgan fingerprint density at radius 2 is 1.62 bits per heavy atom. The van der Waals surface area contributed by atoms with Gasteiger partial charge in [0.1, 0.15) is 18.3 Å². The molecule has 0 unspecified atom stereocenters. The van der Waals surface area contributed by atoms with E-state index in [2.05, 4.69) is 6.92 Å². The highest BCUT2D eigenvalue weighted by molar-refractivity contribution is 5.95. The lowest BCUT2D eigenvalue weighted by atomic mass is 9.91. The van der Waals surface area contributed by atoms with Crippen LogP contribution in [0.15, 0.2) is 42.5 Å². The van der Waals surface area contributed by atoms with E-state index in [1.807, 2.05) is 47.4 Å². The van der Waals surface area contributed by atoms with E-state index in [-0.39, 0.29) is 24.4 Å². The second-order valence-electron chi connectivity index (χ2n) is 10.7. The molecule has 2 aromatic carbocycles. The van der Waals surface area contributed by atoms with Crippen molar-refractivity contribution < 1.29 is 23.8 Å². The smallest absolute Gasteiger partial charge is 0.250 e. The second kappa shape index (κ2) is 14.2. The molecule has 2 aromatic rings. The summed E-state index contributed by atoms with van der Waals surface area (Å²) in [6.45, 7) is 3.49. The second-order valence-corrected chi connectivity index (χ2v) is 10.7. The summed E-state index contributed by atoms with van der Waals surface area (Å²) < 4.78 is 16.8. The van der Waals surface area contributed by atoms with Crippen LogP contribution in [0, 0.1) is 0 Å². The summed E-state index contributed by atoms with van der Waals surface area (Å²) in [6, 6.07) is 13.1. The monoisotopic (exact) mass is 536 g/mol. The highest BCUT2D eigenvalue weighted by Crippen LogP contribution is 2.34. The van der Waals surface area contributed by atoms with E-state index in [4.69, 9.17) is 14.2 Å². The van der Waals surface area contributed by atoms with Crippen LogP contribution >= 0.6 is 0 Å². The number of hydrogen-bond donors (Lipinski definition) is 0. The van der Waals surface area contributed by atoms with Gasteiger partial charge in [-0.3, -0.25) is 9.59 Å². The standard InChI is InChI=1S/C32H44N2O5/c1-4-5-6-10-21-39-27-16-14-25(15-17-27)31-32(36)34(26-11-8-7-9-12-26)23-30(35)33(31)20-19-24-13-18-28(37-2)29(22-24)38-3/h13-18,22,26,31H,4-12,19-21,23H2,1-3H3/t31-/m0/s1. The van der Waals surface area contributed by atoms with Crippen LogP contribution in [0.3, 0.4) is 0 Å². The number of rotatable bonds is 13. The molecule has 0 radical (unpaired) electrons. The normalized spacial score (nSPS) is 18.4. The Balaban J connectivity index is 1.52. The molecule has 1 atom stereocenters. The van der Waals surface area contributed by atoms with Gasteiger partial charge in [-0.25, -0.2) is 0 Å². The molecule has 212 valence electrons. The molecule has 4 rings (SSSR count). The van der Waals surface area contributed by atoms with Gasteiger partial charge >= 0.3 is 0 Å². The summed E-state index contributed by atoms with van der Waals surface area (Å²) in [5.74, 6) is 2.15. The Kier molecular flexibility index (Phi) is 10.5. The fourth-order valence-electron chi connectivity index (χ4n) is 5.78. The molecule has 2 fully saturated rings. The Bertz CT molecular complexity index is 1080. The van der Waals surface area contributed by atoms with E-state index < -0.39 is 6.04 Å². The van der Waals surface area contributed by atoms with Crippen molar-refractivity contribution in [2.75, 3.05) is 33.9 Å². The number of ether oxygens (including phenoxy) is 3. The Hall–Kier alpha value is -3.22. The van der Waals surface area contributed by atoms with Crippen molar-refractivity contribution in [3.05, 3.63) is 53.6 Å². The summed E-state index contributed by atoms with van der Waals surface area (Å²) in [7, 11) is 3.23. The quantitative estimate of drug-likeness (QED) is 0.296. The average Bonchev–Trinajstić information content (AvgIpc) is 2.98. The first kappa shape index (κ1) is 28.8. The minimum Gasteiger partial charge on any atom is -0.494 e. The van der Waals surface area contributed by atoms with Crippen molar-refractivity contribution in [1.29, 1.82) is 0 Å². The largest absolute Gasteiger partial charge is 0.494 e. The molecule has 1 saturated heterocycles. The molecular formula is C32H44N2O5. The highest BCUT2D eigenvalue weighted by Gasteiger charge is 2.42. The minimum absolute atomic E-state index is 0.00176. The van der Waals surface area contributed by atoms with Gasteiger partial charge < -0.3 is 24.0 Å². The summed E-state index contributed by atoms with van der Waals surface area (Å²) in [6.07, 6.45) is 10.6. The summed E-state index contributed by atoms with van der Waals surface area (Å²) in [5.41, 5.74) is 1.85. The van der Waals surface area contributed by atoms with Gasteiger partial charge in [0, 0.05) is 12.6 Å². The summed E-state index contributed by atoms with van der Waals surface area (Å²) in [4.78, 5) is 31.2. The minimum atomic E-state index is -0.632. The first-order chi connectivity index (χ1) is 19.0. The SMILES string of the molecule is CCCCCCOc1ccc([C@H]2C(=O)N(C3CCCCC3)CC(=O)N2CCc2ccc(OC)c(OC)c2)cc1. The molecule has 1 aliphatic carbocycles. The molecule has 7 nitrogen and oxygen atoms in total. The van der Waals surface area contributed by atoms with Gasteiger partial charge in [-0.1, -0.05) is 63.6 Å². The molecule has 2 amide bonds. The van der Waals surface area contributed by atoms with Gasteiger partial charge in [-0.15, -0.1) is 0 Å². The van der Waals surface area contributed by atoms with Crippen LogP contribution in [0.2, 0.25) is 0 Å². The number of carbonyl (C=O) groups is 2. The van der Waals surface area contributed by atoms with Crippen molar-refractivity contribution >= 4 is 11.8 Å². The number of nitrogens with zero attached hydrogens (tertiary/aromatic N) is 2. The fraction of sp³-hybridized carbons (Fsp3) is 0.562. The van der Waals surface area contributed by atoms with Crippen LogP contribution < -0.4 is 14.2 Å². The van der Waals surface area contributed by atoms with Gasteiger partial charge in [0.15, 0.2) is 11.5 Å². The average molecular weight is 537 g/mol. The predicted molar refractivity (Wildman–Crippen MR) is 152 cm³/mol. The van der Waals surface area contributed by atoms with Gasteiger partial charge in [-0.05, 0) is 61.1 Å². The van der Waals surface area contributed by atoms with Gasteiger partial charge in [0.2, 0.25) is 5.91 Å². The van der Waals surface area contributed by atoms with Crippen LogP contribution in [0.5, 0.6) is 17.2 Å². The lowest BCUT2D eigenvalue weighted by molar-refractivity contribution is -0.159. The fourth-order valence-corrected chi connectivity index (χ4v) is 5.78. The van der Waals surface area contributed by atoms with Crippen LogP contribution in [-0.2, 0) is 16.0 Å². The maximum Gasteiger partial charge on any atom is 0.250 e. The number of benzene rings is 2. The van der Waals surface area contributed by atoms with Crippen molar-refractivity contribution in [2.24, 2.45) is 0 Å². The predicted octanol–water partition coefficient (Wildman–Crippen LogP) is 5.95. The molecule has 39 heavy (non-hydrogen) atoms. The molecule has 2 aliphatic rings. The maximum absolute atomic E-state index is 14.0. The zero-order valence-corrected chi connectivity index (χ0v) is 23.8. The lowest BCUT2D eigenvalue weighted by Gasteiger charge is -2.44. The van der Waals surface area contributed by atoms with E-state index in [1.54, 1.807) is 19.1 Å². The highest BCUT2D eigenvalue weighted by atomic mass is 16.5. The third-order valence-electron chi connectivity index (χ3n) is 8.02. The maximum atomic E-state index is 14.0. The Morgan fingerprint density at radius 1 is 0.872 bits per heavy atom. The van der Waals surface area contributed by atoms with E-state index in [0.717, 1.165) is 49.0 Å². The molecule has 1 aliphatic heterocycles. The Morgan fingerprint density at radius 3 is 2.31 bits per heavy atom. The van der Waals surface area contributed by atoms with Crippen LogP contribution in [0.25, 0.3) is 0 Å². The van der Waals surface area contributed by atoms with Crippen LogP contribution in [0.4, 0.5) is 0 Å². The molecule has 1 heterocycles. The van der Waals surface area contributed by atoms with Gasteiger partial charge in [-0.2, -0.15) is 0 Å². The molecule has 0 bridgehead atoms. The van der Waals surface area contributed by atoms with E-state index in [0.29, 0.717) is 31.1 Å². The number of piperazine rings is 1. The molecule has 0 aromatic heterocycles. The number of unbranched alkanes of at least 4 members (excludes halogenated alkanes) is 3. The molecule has 1 saturated carbocycles. The molecular weight excluding hydrogens is 492 g/mol. The zero-order valence-electron chi connectivity index (χ0n) is 23.8. The number of carbonyl (C=O) groups excluding carboxylic acids is 2. The van der Waals surface area contributed by atoms with Crippen LogP contribution in [0.1, 0.15) is 81.9 Å². The Labute approximate surface area is 233 Å². The first-order valence-corrected chi connectivity index (χ1v) is 14.6. The topological polar surface area (TPSA) is 68.3 Å². The van der Waals surface area contributed by atoms with E-state index in [9.17, 15) is 9.59 Å². The molecule has 7 heteroatoms. The third kappa shape index (κ3) is 7.25. The van der Waals surface area contributed by atoms with Gasteiger partial charge in [0.25, 0.3) is 5.91 Å². The van der Waals surface area contributed by atoms with Crippen molar-refractivity contribution in [1.82, 2.24) is 9.80 Å².